The fraction of sp³-hybridized carbons (Fsp3) is 0.200. The first-order chi connectivity index (χ1) is 7.13. The third-order valence-electron chi connectivity index (χ3n) is 1.46. The number of rotatable bonds is 2. The molecule has 0 aliphatic carbocycles. The number of carbonyl (C=O) groups is 2. The van der Waals surface area contributed by atoms with Crippen LogP contribution < -0.4 is 0 Å². The van der Waals surface area contributed by atoms with E-state index in [0.717, 1.165) is 0 Å². The van der Waals surface area contributed by atoms with Crippen LogP contribution in [0.25, 0.3) is 0 Å². The maximum absolute atomic E-state index is 11.1. The van der Waals surface area contributed by atoms with Crippen molar-refractivity contribution >= 4 is 23.3 Å². The van der Waals surface area contributed by atoms with E-state index in [4.69, 9.17) is 5.11 Å². The van der Waals surface area contributed by atoms with Gasteiger partial charge in [-0.05, 0) is 6.07 Å². The van der Waals surface area contributed by atoms with Gasteiger partial charge >= 0.3 is 11.9 Å². The van der Waals surface area contributed by atoms with E-state index in [1.54, 1.807) is 11.4 Å². The van der Waals surface area contributed by atoms with Crippen molar-refractivity contribution in [3.8, 4) is 11.8 Å². The van der Waals surface area contributed by atoms with E-state index in [9.17, 15) is 9.59 Å². The number of hydrogen-bond donors (Lipinski definition) is 1. The zero-order chi connectivity index (χ0) is 11.3. The number of aliphatic carboxylic acids is 1. The number of hydrogen-bond acceptors (Lipinski definition) is 4. The zero-order valence-corrected chi connectivity index (χ0v) is 8.76. The molecular formula is C10H8O4S. The highest BCUT2D eigenvalue weighted by Gasteiger charge is 2.07. The van der Waals surface area contributed by atoms with Crippen molar-refractivity contribution in [2.75, 3.05) is 7.11 Å². The Morgan fingerprint density at radius 2 is 2.33 bits per heavy atom. The predicted octanol–water partition coefficient (Wildman–Crippen LogP) is 1.36. The molecule has 0 atom stereocenters. The summed E-state index contributed by atoms with van der Waals surface area (Å²) in [5, 5.41) is 10.0. The SMILES string of the molecule is COC(=O)c1cc(C#CCC(=O)O)cs1. The summed E-state index contributed by atoms with van der Waals surface area (Å²) in [6.07, 6.45) is -0.205. The van der Waals surface area contributed by atoms with Gasteiger partial charge in [0, 0.05) is 10.9 Å². The third kappa shape index (κ3) is 3.44. The second-order valence-corrected chi connectivity index (χ2v) is 3.47. The molecule has 1 heterocycles. The summed E-state index contributed by atoms with van der Waals surface area (Å²) in [4.78, 5) is 21.7. The molecule has 5 heteroatoms. The van der Waals surface area contributed by atoms with E-state index >= 15 is 0 Å². The minimum atomic E-state index is -0.967. The van der Waals surface area contributed by atoms with Crippen LogP contribution in [0.15, 0.2) is 11.4 Å². The molecule has 1 aromatic heterocycles. The van der Waals surface area contributed by atoms with Crippen LogP contribution in [0.1, 0.15) is 21.7 Å². The summed E-state index contributed by atoms with van der Waals surface area (Å²) in [5.74, 6) is 3.75. The molecule has 0 spiro atoms. The molecule has 0 amide bonds. The highest BCUT2D eigenvalue weighted by molar-refractivity contribution is 7.12. The van der Waals surface area contributed by atoms with Gasteiger partial charge in [-0.25, -0.2) is 4.79 Å². The molecule has 0 saturated heterocycles. The van der Waals surface area contributed by atoms with Crippen LogP contribution in [0.3, 0.4) is 0 Å². The van der Waals surface area contributed by atoms with E-state index in [0.29, 0.717) is 10.4 Å². The van der Waals surface area contributed by atoms with E-state index in [1.165, 1.54) is 18.4 Å². The topological polar surface area (TPSA) is 63.6 Å². The maximum Gasteiger partial charge on any atom is 0.348 e. The van der Waals surface area contributed by atoms with Crippen molar-refractivity contribution in [2.45, 2.75) is 6.42 Å². The van der Waals surface area contributed by atoms with Crippen molar-refractivity contribution in [3.63, 3.8) is 0 Å². The lowest BCUT2D eigenvalue weighted by atomic mass is 10.3. The quantitative estimate of drug-likeness (QED) is 0.608. The number of carboxylic acid groups (broad SMARTS) is 1. The van der Waals surface area contributed by atoms with Crippen molar-refractivity contribution in [1.29, 1.82) is 0 Å². The fourth-order valence-electron chi connectivity index (χ4n) is 0.831. The van der Waals surface area contributed by atoms with Crippen LogP contribution in [-0.2, 0) is 9.53 Å². The Balaban J connectivity index is 2.71. The Kier molecular flexibility index (Phi) is 3.89. The van der Waals surface area contributed by atoms with Gasteiger partial charge in [0.25, 0.3) is 0 Å². The van der Waals surface area contributed by atoms with Crippen LogP contribution in [0.5, 0.6) is 0 Å². The second kappa shape index (κ2) is 5.17. The Morgan fingerprint density at radius 1 is 1.60 bits per heavy atom. The monoisotopic (exact) mass is 224 g/mol. The molecule has 0 aromatic carbocycles. The first kappa shape index (κ1) is 11.3. The number of carbonyl (C=O) groups excluding carboxylic acids is 1. The van der Waals surface area contributed by atoms with E-state index in [1.807, 2.05) is 0 Å². The third-order valence-corrected chi connectivity index (χ3v) is 2.37. The van der Waals surface area contributed by atoms with Gasteiger partial charge < -0.3 is 9.84 Å². The highest BCUT2D eigenvalue weighted by Crippen LogP contribution is 2.14. The summed E-state index contributed by atoms with van der Waals surface area (Å²) in [5.41, 5.74) is 0.627. The maximum atomic E-state index is 11.1. The van der Waals surface area contributed by atoms with Gasteiger partial charge in [0.05, 0.1) is 7.11 Å². The van der Waals surface area contributed by atoms with Crippen molar-refractivity contribution in [1.82, 2.24) is 0 Å². The molecule has 0 saturated carbocycles. The van der Waals surface area contributed by atoms with Crippen LogP contribution in [0, 0.1) is 11.8 Å². The summed E-state index contributed by atoms with van der Waals surface area (Å²) < 4.78 is 4.52. The molecule has 0 aliphatic heterocycles. The summed E-state index contributed by atoms with van der Waals surface area (Å²) in [6.45, 7) is 0. The molecule has 1 rings (SSSR count). The van der Waals surface area contributed by atoms with Crippen molar-refractivity contribution < 1.29 is 19.4 Å². The summed E-state index contributed by atoms with van der Waals surface area (Å²) in [6, 6.07) is 1.57. The van der Waals surface area contributed by atoms with Crippen LogP contribution >= 0.6 is 11.3 Å². The van der Waals surface area contributed by atoms with Crippen LogP contribution in [0.2, 0.25) is 0 Å². The molecule has 4 nitrogen and oxygen atoms in total. The van der Waals surface area contributed by atoms with Crippen molar-refractivity contribution in [3.05, 3.63) is 21.9 Å². The lowest BCUT2D eigenvalue weighted by Gasteiger charge is -1.90. The Bertz CT molecular complexity index is 436. The largest absolute Gasteiger partial charge is 0.481 e. The Labute approximate surface area is 90.5 Å². The molecule has 0 bridgehead atoms. The highest BCUT2D eigenvalue weighted by atomic mass is 32.1. The molecule has 0 unspecified atom stereocenters. The number of carboxylic acids is 1. The lowest BCUT2D eigenvalue weighted by molar-refractivity contribution is -0.135. The van der Waals surface area contributed by atoms with Gasteiger partial charge in [-0.3, -0.25) is 4.79 Å². The van der Waals surface area contributed by atoms with E-state index in [2.05, 4.69) is 16.6 Å². The van der Waals surface area contributed by atoms with Gasteiger partial charge in [-0.1, -0.05) is 11.8 Å². The fourth-order valence-corrected chi connectivity index (χ4v) is 1.59. The van der Waals surface area contributed by atoms with E-state index in [-0.39, 0.29) is 6.42 Å². The van der Waals surface area contributed by atoms with Crippen LogP contribution in [-0.4, -0.2) is 24.2 Å². The molecule has 1 N–H and O–H groups in total. The Morgan fingerprint density at radius 3 is 2.93 bits per heavy atom. The minimum absolute atomic E-state index is 0.205. The predicted molar refractivity (Wildman–Crippen MR) is 54.8 cm³/mol. The minimum Gasteiger partial charge on any atom is -0.481 e. The molecular weight excluding hydrogens is 216 g/mol. The first-order valence-electron chi connectivity index (χ1n) is 4.01. The van der Waals surface area contributed by atoms with Crippen molar-refractivity contribution in [2.24, 2.45) is 0 Å². The molecule has 0 fully saturated rings. The number of methoxy groups -OCH3 is 1. The first-order valence-corrected chi connectivity index (χ1v) is 4.89. The number of esters is 1. The van der Waals surface area contributed by atoms with Gasteiger partial charge in [0.2, 0.25) is 0 Å². The molecule has 0 aliphatic rings. The van der Waals surface area contributed by atoms with E-state index < -0.39 is 11.9 Å². The average molecular weight is 224 g/mol. The standard InChI is InChI=1S/C10H8O4S/c1-14-10(13)8-5-7(6-15-8)3-2-4-9(11)12/h5-6H,4H2,1H3,(H,11,12). The normalized spacial score (nSPS) is 8.87. The molecule has 0 radical (unpaired) electrons. The average Bonchev–Trinajstić information content (AvgIpc) is 2.65. The van der Waals surface area contributed by atoms with Gasteiger partial charge in [-0.15, -0.1) is 11.3 Å². The van der Waals surface area contributed by atoms with Gasteiger partial charge in [-0.2, -0.15) is 0 Å². The summed E-state index contributed by atoms with van der Waals surface area (Å²) in [7, 11) is 1.30. The number of ether oxygens (including phenoxy) is 1. The zero-order valence-electron chi connectivity index (χ0n) is 7.94. The molecule has 15 heavy (non-hydrogen) atoms. The molecule has 1 aromatic rings. The van der Waals surface area contributed by atoms with Gasteiger partial charge in [0.15, 0.2) is 0 Å². The van der Waals surface area contributed by atoms with Crippen LogP contribution in [0.4, 0.5) is 0 Å². The number of thiophene rings is 1. The Hall–Kier alpha value is -1.80. The smallest absolute Gasteiger partial charge is 0.348 e. The second-order valence-electron chi connectivity index (χ2n) is 2.56. The molecule has 78 valence electrons. The van der Waals surface area contributed by atoms with Gasteiger partial charge in [0.1, 0.15) is 11.3 Å². The summed E-state index contributed by atoms with van der Waals surface area (Å²) >= 11 is 1.22. The lowest BCUT2D eigenvalue weighted by Crippen LogP contribution is -1.96.